The Labute approximate surface area is 317 Å². The summed E-state index contributed by atoms with van der Waals surface area (Å²) < 4.78 is 0. The van der Waals surface area contributed by atoms with Crippen LogP contribution in [0.15, 0.2) is 0 Å². The van der Waals surface area contributed by atoms with Crippen LogP contribution in [0, 0.1) is 0 Å². The molecule has 0 heterocycles. The largest absolute Gasteiger partial charge is 0.390 e. The fourth-order valence-electron chi connectivity index (χ4n) is 8.36. The number of aliphatic hydroxyl groups is 2. The van der Waals surface area contributed by atoms with E-state index < -0.39 is 11.2 Å². The van der Waals surface area contributed by atoms with E-state index in [1.165, 1.54) is 231 Å². The molecule has 2 unspecified atom stereocenters. The summed E-state index contributed by atoms with van der Waals surface area (Å²) in [4.78, 5) is 0. The van der Waals surface area contributed by atoms with Gasteiger partial charge in [0.1, 0.15) is 0 Å². The SMILES string of the molecule is CCCCCCCCCCC(O)(CCCCCCCCC)CCCCCCCCC(O)(CCCCCCCCC)CCCCCCCCCC. The van der Waals surface area contributed by atoms with Crippen molar-refractivity contribution in [2.45, 2.75) is 309 Å². The van der Waals surface area contributed by atoms with Gasteiger partial charge >= 0.3 is 0 Å². The average Bonchev–Trinajstić information content (AvgIpc) is 3.11. The maximum Gasteiger partial charge on any atom is 0.0647 e. The van der Waals surface area contributed by atoms with E-state index in [2.05, 4.69) is 27.7 Å². The first-order chi connectivity index (χ1) is 24.4. The van der Waals surface area contributed by atoms with E-state index >= 15 is 0 Å². The summed E-state index contributed by atoms with van der Waals surface area (Å²) in [6, 6.07) is 0. The Kier molecular flexibility index (Phi) is 38.6. The van der Waals surface area contributed by atoms with Crippen molar-refractivity contribution in [1.82, 2.24) is 0 Å². The van der Waals surface area contributed by atoms with Gasteiger partial charge in [-0.05, 0) is 38.5 Å². The number of hydrogen-bond acceptors (Lipinski definition) is 2. The minimum atomic E-state index is -0.423. The second-order valence-electron chi connectivity index (χ2n) is 17.3. The Morgan fingerprint density at radius 3 is 0.460 bits per heavy atom. The van der Waals surface area contributed by atoms with E-state index in [-0.39, 0.29) is 0 Å². The molecule has 0 saturated heterocycles. The highest BCUT2D eigenvalue weighted by molar-refractivity contribution is 4.80. The first-order valence-electron chi connectivity index (χ1n) is 23.9. The van der Waals surface area contributed by atoms with Crippen LogP contribution < -0.4 is 0 Å². The summed E-state index contributed by atoms with van der Waals surface area (Å²) >= 11 is 0. The van der Waals surface area contributed by atoms with Gasteiger partial charge in [-0.3, -0.25) is 0 Å². The monoisotopic (exact) mass is 707 g/mol. The smallest absolute Gasteiger partial charge is 0.0647 e. The summed E-state index contributed by atoms with van der Waals surface area (Å²) in [6.45, 7) is 9.18. The molecule has 0 rings (SSSR count). The number of unbranched alkanes of at least 4 members (excludes halogenated alkanes) is 31. The van der Waals surface area contributed by atoms with Crippen molar-refractivity contribution in [2.24, 2.45) is 0 Å². The van der Waals surface area contributed by atoms with E-state index in [1.54, 1.807) is 0 Å². The molecule has 0 amide bonds. The van der Waals surface area contributed by atoms with Gasteiger partial charge in [-0.15, -0.1) is 0 Å². The van der Waals surface area contributed by atoms with Gasteiger partial charge in [0.05, 0.1) is 11.2 Å². The van der Waals surface area contributed by atoms with Crippen LogP contribution in [0.2, 0.25) is 0 Å². The maximum absolute atomic E-state index is 11.7. The molecule has 50 heavy (non-hydrogen) atoms. The van der Waals surface area contributed by atoms with E-state index in [1.807, 2.05) is 0 Å². The fraction of sp³-hybridized carbons (Fsp3) is 1.00. The van der Waals surface area contributed by atoms with E-state index in [0.29, 0.717) is 0 Å². The second-order valence-corrected chi connectivity index (χ2v) is 17.3. The zero-order valence-corrected chi connectivity index (χ0v) is 35.6. The molecule has 0 saturated carbocycles. The summed E-state index contributed by atoms with van der Waals surface area (Å²) in [5, 5.41) is 23.4. The van der Waals surface area contributed by atoms with Crippen molar-refractivity contribution >= 4 is 0 Å². The van der Waals surface area contributed by atoms with Gasteiger partial charge in [-0.1, -0.05) is 259 Å². The molecule has 2 nitrogen and oxygen atoms in total. The minimum absolute atomic E-state index is 0.423. The summed E-state index contributed by atoms with van der Waals surface area (Å²) in [6.07, 6.45) is 53.7. The van der Waals surface area contributed by atoms with Crippen molar-refractivity contribution in [3.63, 3.8) is 0 Å². The van der Waals surface area contributed by atoms with Crippen LogP contribution in [-0.2, 0) is 0 Å². The highest BCUT2D eigenvalue weighted by Gasteiger charge is 2.26. The molecular formula is C48H98O2. The molecule has 0 aromatic heterocycles. The van der Waals surface area contributed by atoms with Crippen LogP contribution in [0.3, 0.4) is 0 Å². The Morgan fingerprint density at radius 2 is 0.320 bits per heavy atom. The molecule has 2 heteroatoms. The van der Waals surface area contributed by atoms with Crippen LogP contribution in [0.4, 0.5) is 0 Å². The first-order valence-corrected chi connectivity index (χ1v) is 23.9. The van der Waals surface area contributed by atoms with Gasteiger partial charge in [0.25, 0.3) is 0 Å². The van der Waals surface area contributed by atoms with Crippen molar-refractivity contribution in [2.75, 3.05) is 0 Å². The molecule has 0 fully saturated rings. The molecule has 0 bridgehead atoms. The molecule has 0 aromatic rings. The third kappa shape index (κ3) is 35.0. The lowest BCUT2D eigenvalue weighted by Gasteiger charge is -2.29. The normalized spacial score (nSPS) is 14.3. The average molecular weight is 707 g/mol. The van der Waals surface area contributed by atoms with Crippen molar-refractivity contribution in [3.8, 4) is 0 Å². The van der Waals surface area contributed by atoms with Crippen LogP contribution in [0.25, 0.3) is 0 Å². The summed E-state index contributed by atoms with van der Waals surface area (Å²) in [7, 11) is 0. The van der Waals surface area contributed by atoms with Crippen LogP contribution in [-0.4, -0.2) is 21.4 Å². The molecule has 2 N–H and O–H groups in total. The Morgan fingerprint density at radius 1 is 0.200 bits per heavy atom. The number of hydrogen-bond donors (Lipinski definition) is 2. The molecule has 0 aliphatic heterocycles. The van der Waals surface area contributed by atoms with E-state index in [4.69, 9.17) is 0 Å². The Balaban J connectivity index is 4.49. The van der Waals surface area contributed by atoms with Gasteiger partial charge < -0.3 is 10.2 Å². The topological polar surface area (TPSA) is 40.5 Å². The lowest BCUT2D eigenvalue weighted by molar-refractivity contribution is 0.00578. The number of rotatable bonds is 43. The molecule has 0 aliphatic rings. The molecule has 0 spiro atoms. The highest BCUT2D eigenvalue weighted by atomic mass is 16.3. The second kappa shape index (κ2) is 38.6. The minimum Gasteiger partial charge on any atom is -0.390 e. The summed E-state index contributed by atoms with van der Waals surface area (Å²) in [5.41, 5.74) is -0.846. The lowest BCUT2D eigenvalue weighted by atomic mass is 9.84. The summed E-state index contributed by atoms with van der Waals surface area (Å²) in [5.74, 6) is 0. The quantitative estimate of drug-likeness (QED) is 0.0620. The standard InChI is InChI=1S/C48H98O2/c1-5-9-13-17-21-25-31-37-43-47(49,41-35-29-23-19-15-11-7-3)45-39-33-27-28-34-40-46-48(50,42-36-30-24-20-16-12-8-4)44-38-32-26-22-18-14-10-6-2/h49-50H,5-46H2,1-4H3. The lowest BCUT2D eigenvalue weighted by Crippen LogP contribution is -2.28. The Bertz CT molecular complexity index is 580. The van der Waals surface area contributed by atoms with Crippen LogP contribution in [0.1, 0.15) is 297 Å². The van der Waals surface area contributed by atoms with Gasteiger partial charge in [-0.2, -0.15) is 0 Å². The zero-order chi connectivity index (χ0) is 36.7. The fourth-order valence-corrected chi connectivity index (χ4v) is 8.36. The molecule has 302 valence electrons. The van der Waals surface area contributed by atoms with Crippen molar-refractivity contribution in [3.05, 3.63) is 0 Å². The third-order valence-corrected chi connectivity index (χ3v) is 12.0. The van der Waals surface area contributed by atoms with Crippen LogP contribution in [0.5, 0.6) is 0 Å². The third-order valence-electron chi connectivity index (χ3n) is 12.0. The molecule has 0 aliphatic carbocycles. The maximum atomic E-state index is 11.7. The van der Waals surface area contributed by atoms with Crippen molar-refractivity contribution in [1.29, 1.82) is 0 Å². The molecule has 0 radical (unpaired) electrons. The predicted molar refractivity (Wildman–Crippen MR) is 227 cm³/mol. The predicted octanol–water partition coefficient (Wildman–Crippen LogP) is 16.9. The van der Waals surface area contributed by atoms with Crippen LogP contribution >= 0.6 is 0 Å². The highest BCUT2D eigenvalue weighted by Crippen LogP contribution is 2.31. The molecule has 0 aromatic carbocycles. The Hall–Kier alpha value is -0.0800. The molecular weight excluding hydrogens is 609 g/mol. The van der Waals surface area contributed by atoms with E-state index in [9.17, 15) is 10.2 Å². The van der Waals surface area contributed by atoms with Crippen molar-refractivity contribution < 1.29 is 10.2 Å². The van der Waals surface area contributed by atoms with Gasteiger partial charge in [-0.25, -0.2) is 0 Å². The van der Waals surface area contributed by atoms with E-state index in [0.717, 1.165) is 38.5 Å². The van der Waals surface area contributed by atoms with Gasteiger partial charge in [0, 0.05) is 0 Å². The van der Waals surface area contributed by atoms with Gasteiger partial charge in [0.2, 0.25) is 0 Å². The van der Waals surface area contributed by atoms with Gasteiger partial charge in [0.15, 0.2) is 0 Å². The molecule has 2 atom stereocenters. The first kappa shape index (κ1) is 49.9. The zero-order valence-electron chi connectivity index (χ0n) is 35.6.